The van der Waals surface area contributed by atoms with E-state index in [4.69, 9.17) is 0 Å². The van der Waals surface area contributed by atoms with Crippen LogP contribution in [0.4, 0.5) is 0 Å². The second kappa shape index (κ2) is 9.15. The predicted molar refractivity (Wildman–Crippen MR) is 93.7 cm³/mol. The van der Waals surface area contributed by atoms with Crippen LogP contribution in [0.1, 0.15) is 37.0 Å². The van der Waals surface area contributed by atoms with Gasteiger partial charge in [0.25, 0.3) is 5.91 Å². The normalized spacial score (nSPS) is 17.5. The molecule has 2 N–H and O–H groups in total. The zero-order valence-electron chi connectivity index (χ0n) is 14.8. The van der Waals surface area contributed by atoms with Gasteiger partial charge >= 0.3 is 0 Å². The Balaban J connectivity index is 1.71. The lowest BCUT2D eigenvalue weighted by Gasteiger charge is -2.33. The van der Waals surface area contributed by atoms with Gasteiger partial charge in [-0.25, -0.2) is 0 Å². The summed E-state index contributed by atoms with van der Waals surface area (Å²) in [7, 11) is 0. The van der Waals surface area contributed by atoms with Crippen LogP contribution in [0.3, 0.4) is 0 Å². The number of hydrogen-bond donors (Lipinski definition) is 2. The highest BCUT2D eigenvalue weighted by Gasteiger charge is 2.30. The van der Waals surface area contributed by atoms with Crippen LogP contribution < -0.4 is 10.6 Å². The Hall–Kier alpha value is -2.44. The lowest BCUT2D eigenvalue weighted by Crippen LogP contribution is -2.47. The molecule has 1 fully saturated rings. The van der Waals surface area contributed by atoms with Crippen molar-refractivity contribution >= 4 is 17.7 Å². The summed E-state index contributed by atoms with van der Waals surface area (Å²) in [5, 5.41) is 5.58. The van der Waals surface area contributed by atoms with E-state index in [1.54, 1.807) is 23.2 Å². The number of hydrogen-bond acceptors (Lipinski definition) is 4. The average molecular weight is 346 g/mol. The van der Waals surface area contributed by atoms with Crippen LogP contribution in [0.25, 0.3) is 0 Å². The zero-order chi connectivity index (χ0) is 18.2. The fraction of sp³-hybridized carbons (Fsp3) is 0.556. The van der Waals surface area contributed by atoms with Crippen molar-refractivity contribution < 1.29 is 14.4 Å². The molecule has 0 aliphatic carbocycles. The Kier molecular flexibility index (Phi) is 6.91. The van der Waals surface area contributed by atoms with Gasteiger partial charge in [0.2, 0.25) is 11.8 Å². The SMILES string of the molecule is CC(C)CN1CC(C(=O)NCCNC(=O)c2cccnc2)CCC1=O. The molecule has 1 aliphatic rings. The third kappa shape index (κ3) is 5.85. The molecule has 7 nitrogen and oxygen atoms in total. The number of nitrogens with zero attached hydrogens (tertiary/aromatic N) is 2. The van der Waals surface area contributed by atoms with Crippen molar-refractivity contribution in [2.75, 3.05) is 26.2 Å². The molecule has 0 bridgehead atoms. The molecule has 3 amide bonds. The van der Waals surface area contributed by atoms with E-state index in [0.717, 1.165) is 0 Å². The maximum atomic E-state index is 12.3. The van der Waals surface area contributed by atoms with Crippen LogP contribution in [0, 0.1) is 11.8 Å². The van der Waals surface area contributed by atoms with E-state index < -0.39 is 0 Å². The standard InChI is InChI=1S/C18H26N4O3/c1-13(2)11-22-12-15(5-6-16(22)23)18(25)21-9-8-20-17(24)14-4-3-7-19-10-14/h3-4,7,10,13,15H,5-6,8-9,11-12H2,1-2H3,(H,20,24)(H,21,25). The van der Waals surface area contributed by atoms with E-state index in [9.17, 15) is 14.4 Å². The van der Waals surface area contributed by atoms with Gasteiger partial charge in [-0.2, -0.15) is 0 Å². The number of carbonyl (C=O) groups is 3. The summed E-state index contributed by atoms with van der Waals surface area (Å²) in [4.78, 5) is 41.7. The minimum Gasteiger partial charge on any atom is -0.354 e. The molecule has 1 aromatic rings. The van der Waals surface area contributed by atoms with Crippen molar-refractivity contribution in [3.8, 4) is 0 Å². The molecule has 1 saturated heterocycles. The maximum absolute atomic E-state index is 12.3. The maximum Gasteiger partial charge on any atom is 0.252 e. The number of aromatic nitrogens is 1. The van der Waals surface area contributed by atoms with Gasteiger partial charge in [-0.1, -0.05) is 13.8 Å². The molecule has 1 aromatic heterocycles. The van der Waals surface area contributed by atoms with E-state index >= 15 is 0 Å². The van der Waals surface area contributed by atoms with Gasteiger partial charge in [0.15, 0.2) is 0 Å². The van der Waals surface area contributed by atoms with Crippen LogP contribution in [-0.4, -0.2) is 53.8 Å². The van der Waals surface area contributed by atoms with E-state index in [1.807, 2.05) is 0 Å². The number of amides is 3. The molecule has 2 rings (SSSR count). The second-order valence-corrected chi connectivity index (χ2v) is 6.72. The highest BCUT2D eigenvalue weighted by atomic mass is 16.2. The van der Waals surface area contributed by atoms with E-state index in [0.29, 0.717) is 50.5 Å². The monoisotopic (exact) mass is 346 g/mol. The van der Waals surface area contributed by atoms with Crippen LogP contribution in [0.2, 0.25) is 0 Å². The van der Waals surface area contributed by atoms with E-state index in [-0.39, 0.29) is 23.6 Å². The molecule has 0 spiro atoms. The number of rotatable bonds is 7. The topological polar surface area (TPSA) is 91.4 Å². The lowest BCUT2D eigenvalue weighted by molar-refractivity contribution is -0.138. The Bertz CT molecular complexity index is 604. The summed E-state index contributed by atoms with van der Waals surface area (Å²) < 4.78 is 0. The molecule has 0 radical (unpaired) electrons. The predicted octanol–water partition coefficient (Wildman–Crippen LogP) is 0.822. The van der Waals surface area contributed by atoms with Crippen LogP contribution in [-0.2, 0) is 9.59 Å². The summed E-state index contributed by atoms with van der Waals surface area (Å²) in [6.45, 7) is 5.98. The molecular weight excluding hydrogens is 320 g/mol. The van der Waals surface area contributed by atoms with E-state index in [1.165, 1.54) is 6.20 Å². The highest BCUT2D eigenvalue weighted by molar-refractivity contribution is 5.93. The van der Waals surface area contributed by atoms with Crippen molar-refractivity contribution in [1.82, 2.24) is 20.5 Å². The fourth-order valence-corrected chi connectivity index (χ4v) is 2.85. The molecule has 2 heterocycles. The molecule has 1 unspecified atom stereocenters. The second-order valence-electron chi connectivity index (χ2n) is 6.72. The van der Waals surface area contributed by atoms with Gasteiger partial charge < -0.3 is 15.5 Å². The van der Waals surface area contributed by atoms with Crippen LogP contribution in [0.5, 0.6) is 0 Å². The van der Waals surface area contributed by atoms with Crippen molar-refractivity contribution in [3.05, 3.63) is 30.1 Å². The summed E-state index contributed by atoms with van der Waals surface area (Å²) in [5.41, 5.74) is 0.490. The van der Waals surface area contributed by atoms with Gasteiger partial charge in [-0.3, -0.25) is 19.4 Å². The largest absolute Gasteiger partial charge is 0.354 e. The molecule has 136 valence electrons. The molecule has 1 aliphatic heterocycles. The zero-order valence-corrected chi connectivity index (χ0v) is 14.8. The first kappa shape index (κ1) is 18.9. The molecule has 0 aromatic carbocycles. The third-order valence-corrected chi connectivity index (χ3v) is 4.09. The first-order valence-electron chi connectivity index (χ1n) is 8.71. The summed E-state index contributed by atoms with van der Waals surface area (Å²) in [6, 6.07) is 3.38. The molecule has 0 saturated carbocycles. The Morgan fingerprint density at radius 1 is 1.32 bits per heavy atom. The van der Waals surface area contributed by atoms with Gasteiger partial charge in [0.05, 0.1) is 11.5 Å². The molecule has 7 heteroatoms. The number of carbonyl (C=O) groups excluding carboxylic acids is 3. The minimum atomic E-state index is -0.214. The quantitative estimate of drug-likeness (QED) is 0.715. The smallest absolute Gasteiger partial charge is 0.252 e. The first-order valence-corrected chi connectivity index (χ1v) is 8.71. The number of piperidine rings is 1. The van der Waals surface area contributed by atoms with Crippen molar-refractivity contribution in [2.24, 2.45) is 11.8 Å². The number of nitrogens with one attached hydrogen (secondary N) is 2. The number of likely N-dealkylation sites (tertiary alicyclic amines) is 1. The highest BCUT2D eigenvalue weighted by Crippen LogP contribution is 2.18. The Morgan fingerprint density at radius 2 is 2.08 bits per heavy atom. The van der Waals surface area contributed by atoms with Crippen molar-refractivity contribution in [1.29, 1.82) is 0 Å². The molecular formula is C18H26N4O3. The lowest BCUT2D eigenvalue weighted by atomic mass is 9.96. The van der Waals surface area contributed by atoms with Gasteiger partial charge in [0, 0.05) is 45.0 Å². The molecule has 1 atom stereocenters. The van der Waals surface area contributed by atoms with Crippen molar-refractivity contribution in [2.45, 2.75) is 26.7 Å². The Morgan fingerprint density at radius 3 is 2.76 bits per heavy atom. The first-order chi connectivity index (χ1) is 12.0. The number of pyridine rings is 1. The Labute approximate surface area is 148 Å². The fourth-order valence-electron chi connectivity index (χ4n) is 2.85. The average Bonchev–Trinajstić information content (AvgIpc) is 2.60. The van der Waals surface area contributed by atoms with Gasteiger partial charge in [-0.05, 0) is 24.5 Å². The van der Waals surface area contributed by atoms with Crippen LogP contribution in [0.15, 0.2) is 24.5 Å². The summed E-state index contributed by atoms with van der Waals surface area (Å²) >= 11 is 0. The third-order valence-electron chi connectivity index (χ3n) is 4.09. The van der Waals surface area contributed by atoms with Crippen LogP contribution >= 0.6 is 0 Å². The van der Waals surface area contributed by atoms with E-state index in [2.05, 4.69) is 29.5 Å². The summed E-state index contributed by atoms with van der Waals surface area (Å²) in [6.07, 6.45) is 4.11. The summed E-state index contributed by atoms with van der Waals surface area (Å²) in [5.74, 6) is 0.0611. The molecule has 25 heavy (non-hydrogen) atoms. The van der Waals surface area contributed by atoms with Crippen molar-refractivity contribution in [3.63, 3.8) is 0 Å². The minimum absolute atomic E-state index is 0.0584. The van der Waals surface area contributed by atoms with Gasteiger partial charge in [-0.15, -0.1) is 0 Å². The van der Waals surface area contributed by atoms with Gasteiger partial charge in [0.1, 0.15) is 0 Å².